The first-order chi connectivity index (χ1) is 7.92. The third-order valence-electron chi connectivity index (χ3n) is 3.46. The van der Waals surface area contributed by atoms with Crippen LogP contribution in [0.15, 0.2) is 48.5 Å². The molecule has 0 heterocycles. The number of rotatable bonds is 2. The van der Waals surface area contributed by atoms with Crippen molar-refractivity contribution in [1.82, 2.24) is 0 Å². The van der Waals surface area contributed by atoms with Crippen molar-refractivity contribution >= 4 is 0 Å². The second-order valence-electron chi connectivity index (χ2n) is 4.37. The van der Waals surface area contributed by atoms with Crippen LogP contribution in [0.4, 0.5) is 0 Å². The molecule has 0 aromatic heterocycles. The maximum Gasteiger partial charge on any atom is 0.0102 e. The van der Waals surface area contributed by atoms with E-state index in [1.54, 1.807) is 0 Å². The largest absolute Gasteiger partial charge is 0.0619 e. The lowest BCUT2D eigenvalue weighted by Gasteiger charge is -2.11. The first kappa shape index (κ1) is 9.65. The minimum Gasteiger partial charge on any atom is -0.0619 e. The van der Waals surface area contributed by atoms with Gasteiger partial charge in [-0.2, -0.15) is 0 Å². The van der Waals surface area contributed by atoms with Crippen LogP contribution in [0.5, 0.6) is 0 Å². The molecule has 79 valence electrons. The molecule has 0 unspecified atom stereocenters. The lowest BCUT2D eigenvalue weighted by atomic mass is 9.93. The molecule has 0 atom stereocenters. The van der Waals surface area contributed by atoms with Crippen molar-refractivity contribution in [3.8, 4) is 11.1 Å². The van der Waals surface area contributed by atoms with E-state index in [1.165, 1.54) is 22.3 Å². The molecule has 0 saturated carbocycles. The van der Waals surface area contributed by atoms with Gasteiger partial charge in [0.1, 0.15) is 0 Å². The van der Waals surface area contributed by atoms with E-state index in [0.29, 0.717) is 5.92 Å². The SMILES string of the molecule is [CH2]CCC1c2ccccc2-c2ccccc21. The van der Waals surface area contributed by atoms with E-state index in [9.17, 15) is 0 Å². The topological polar surface area (TPSA) is 0 Å². The van der Waals surface area contributed by atoms with Gasteiger partial charge in [-0.1, -0.05) is 61.9 Å². The number of hydrogen-bond donors (Lipinski definition) is 0. The molecule has 0 aliphatic heterocycles. The van der Waals surface area contributed by atoms with E-state index in [0.717, 1.165) is 12.8 Å². The van der Waals surface area contributed by atoms with Gasteiger partial charge >= 0.3 is 0 Å². The summed E-state index contributed by atoms with van der Waals surface area (Å²) < 4.78 is 0. The second-order valence-corrected chi connectivity index (χ2v) is 4.37. The highest BCUT2D eigenvalue weighted by molar-refractivity contribution is 5.78. The summed E-state index contributed by atoms with van der Waals surface area (Å²) in [6, 6.07) is 17.5. The van der Waals surface area contributed by atoms with Gasteiger partial charge in [0.15, 0.2) is 0 Å². The van der Waals surface area contributed by atoms with Gasteiger partial charge in [0.2, 0.25) is 0 Å². The van der Waals surface area contributed by atoms with E-state index in [-0.39, 0.29) is 0 Å². The van der Waals surface area contributed by atoms with Crippen LogP contribution in [0.2, 0.25) is 0 Å². The van der Waals surface area contributed by atoms with Crippen LogP contribution in [0.25, 0.3) is 11.1 Å². The Balaban J connectivity index is 2.21. The van der Waals surface area contributed by atoms with Crippen LogP contribution in [-0.4, -0.2) is 0 Å². The normalized spacial score (nSPS) is 13.6. The average Bonchev–Trinajstić information content (AvgIpc) is 2.66. The van der Waals surface area contributed by atoms with Crippen molar-refractivity contribution in [3.63, 3.8) is 0 Å². The molecule has 0 bridgehead atoms. The van der Waals surface area contributed by atoms with Crippen molar-refractivity contribution in [2.45, 2.75) is 18.8 Å². The molecule has 2 aromatic carbocycles. The standard InChI is InChI=1S/C16H15/c1-2-7-12-13-8-3-5-10-15(13)16-11-6-4-9-14(12)16/h3-6,8-12H,1-2,7H2. The number of hydrogen-bond acceptors (Lipinski definition) is 0. The highest BCUT2D eigenvalue weighted by atomic mass is 14.3. The van der Waals surface area contributed by atoms with Gasteiger partial charge in [0.05, 0.1) is 0 Å². The molecule has 0 fully saturated rings. The molecule has 1 aliphatic rings. The fourth-order valence-corrected chi connectivity index (χ4v) is 2.77. The molecule has 3 rings (SSSR count). The summed E-state index contributed by atoms with van der Waals surface area (Å²) in [6.45, 7) is 4.00. The Morgan fingerprint density at radius 3 is 1.81 bits per heavy atom. The second kappa shape index (κ2) is 3.79. The van der Waals surface area contributed by atoms with Crippen LogP contribution in [-0.2, 0) is 0 Å². The maximum absolute atomic E-state index is 4.00. The average molecular weight is 207 g/mol. The number of fused-ring (bicyclic) bond motifs is 3. The molecular weight excluding hydrogens is 192 g/mol. The minimum absolute atomic E-state index is 0.560. The highest BCUT2D eigenvalue weighted by Gasteiger charge is 2.26. The third kappa shape index (κ3) is 1.30. The van der Waals surface area contributed by atoms with Gasteiger partial charge in [0.25, 0.3) is 0 Å². The van der Waals surface area contributed by atoms with Gasteiger partial charge in [-0.25, -0.2) is 0 Å². The Bertz CT molecular complexity index is 465. The van der Waals surface area contributed by atoms with Gasteiger partial charge in [-0.15, -0.1) is 0 Å². The molecule has 0 amide bonds. The first-order valence-electron chi connectivity index (χ1n) is 5.89. The Morgan fingerprint density at radius 2 is 1.31 bits per heavy atom. The Kier molecular flexibility index (Phi) is 2.28. The summed E-state index contributed by atoms with van der Waals surface area (Å²) in [5, 5.41) is 0. The van der Waals surface area contributed by atoms with Crippen molar-refractivity contribution in [2.75, 3.05) is 0 Å². The van der Waals surface area contributed by atoms with Gasteiger partial charge in [-0.05, 0) is 28.7 Å². The summed E-state index contributed by atoms with van der Waals surface area (Å²) >= 11 is 0. The summed E-state index contributed by atoms with van der Waals surface area (Å²) in [4.78, 5) is 0. The Hall–Kier alpha value is -1.56. The Morgan fingerprint density at radius 1 is 0.812 bits per heavy atom. The van der Waals surface area contributed by atoms with E-state index in [2.05, 4.69) is 55.5 Å². The maximum atomic E-state index is 4.00. The van der Waals surface area contributed by atoms with Crippen LogP contribution in [0.3, 0.4) is 0 Å². The fraction of sp³-hybridized carbons (Fsp3) is 0.188. The van der Waals surface area contributed by atoms with Crippen LogP contribution < -0.4 is 0 Å². The summed E-state index contributed by atoms with van der Waals surface area (Å²) in [7, 11) is 0. The fourth-order valence-electron chi connectivity index (χ4n) is 2.77. The molecule has 0 saturated heterocycles. The summed E-state index contributed by atoms with van der Waals surface area (Å²) in [5.41, 5.74) is 5.79. The predicted octanol–water partition coefficient (Wildman–Crippen LogP) is 4.41. The number of benzene rings is 2. The first-order valence-corrected chi connectivity index (χ1v) is 5.89. The molecule has 1 radical (unpaired) electrons. The zero-order valence-corrected chi connectivity index (χ0v) is 9.32. The Labute approximate surface area is 96.9 Å². The molecule has 0 nitrogen and oxygen atoms in total. The molecular formula is C16H15. The third-order valence-corrected chi connectivity index (χ3v) is 3.46. The lowest BCUT2D eigenvalue weighted by molar-refractivity contribution is 0.742. The highest BCUT2D eigenvalue weighted by Crippen LogP contribution is 2.46. The molecule has 1 aliphatic carbocycles. The summed E-state index contributed by atoms with van der Waals surface area (Å²) in [6.07, 6.45) is 2.14. The molecule has 0 N–H and O–H groups in total. The van der Waals surface area contributed by atoms with E-state index < -0.39 is 0 Å². The van der Waals surface area contributed by atoms with Crippen LogP contribution in [0.1, 0.15) is 29.9 Å². The van der Waals surface area contributed by atoms with E-state index >= 15 is 0 Å². The minimum atomic E-state index is 0.560. The van der Waals surface area contributed by atoms with Gasteiger partial charge < -0.3 is 0 Å². The van der Waals surface area contributed by atoms with E-state index in [1.807, 2.05) is 0 Å². The van der Waals surface area contributed by atoms with Gasteiger partial charge in [-0.3, -0.25) is 0 Å². The molecule has 0 spiro atoms. The van der Waals surface area contributed by atoms with Crippen molar-refractivity contribution in [3.05, 3.63) is 66.6 Å². The van der Waals surface area contributed by atoms with Crippen LogP contribution >= 0.6 is 0 Å². The summed E-state index contributed by atoms with van der Waals surface area (Å²) in [5.74, 6) is 0.560. The smallest absolute Gasteiger partial charge is 0.0102 e. The van der Waals surface area contributed by atoms with Crippen molar-refractivity contribution in [1.29, 1.82) is 0 Å². The van der Waals surface area contributed by atoms with E-state index in [4.69, 9.17) is 0 Å². The predicted molar refractivity (Wildman–Crippen MR) is 68.3 cm³/mol. The van der Waals surface area contributed by atoms with Crippen molar-refractivity contribution < 1.29 is 0 Å². The zero-order chi connectivity index (χ0) is 11.0. The monoisotopic (exact) mass is 207 g/mol. The van der Waals surface area contributed by atoms with Gasteiger partial charge in [0, 0.05) is 5.92 Å². The molecule has 0 heteroatoms. The quantitative estimate of drug-likeness (QED) is 0.684. The zero-order valence-electron chi connectivity index (χ0n) is 9.32. The molecule has 16 heavy (non-hydrogen) atoms. The van der Waals surface area contributed by atoms with Crippen molar-refractivity contribution in [2.24, 2.45) is 0 Å². The molecule has 2 aromatic rings. The lowest BCUT2D eigenvalue weighted by Crippen LogP contribution is -1.95. The van der Waals surface area contributed by atoms with Crippen LogP contribution in [0, 0.1) is 6.92 Å².